The Morgan fingerprint density at radius 3 is 2.72 bits per heavy atom. The average Bonchev–Trinajstić information content (AvgIpc) is 2.82. The molecule has 0 atom stereocenters. The molecule has 1 aromatic carbocycles. The Morgan fingerprint density at radius 2 is 2.04 bits per heavy atom. The van der Waals surface area contributed by atoms with Gasteiger partial charge < -0.3 is 14.5 Å². The zero-order valence-corrected chi connectivity index (χ0v) is 15.5. The van der Waals surface area contributed by atoms with E-state index in [4.69, 9.17) is 9.15 Å². The molecule has 134 valence electrons. The summed E-state index contributed by atoms with van der Waals surface area (Å²) in [6.07, 6.45) is 1.21. The zero-order valence-electron chi connectivity index (χ0n) is 15.5. The molecule has 1 aliphatic rings. The number of carbonyl (C=O) groups excluding carboxylic acids is 2. The Hall–Kier alpha value is -2.30. The van der Waals surface area contributed by atoms with Gasteiger partial charge in [0.1, 0.15) is 16.9 Å². The maximum absolute atomic E-state index is 12.7. The molecule has 3 rings (SSSR count). The number of fused-ring (bicyclic) bond motifs is 3. The summed E-state index contributed by atoms with van der Waals surface area (Å²) >= 11 is 0. The van der Waals surface area contributed by atoms with Gasteiger partial charge in [0.25, 0.3) is 5.91 Å². The normalized spacial score (nSPS) is 16.0. The van der Waals surface area contributed by atoms with Gasteiger partial charge in [0.05, 0.1) is 12.0 Å². The number of aryl methyl sites for hydroxylation is 1. The number of hydrogen-bond acceptors (Lipinski definition) is 4. The fourth-order valence-corrected chi connectivity index (χ4v) is 3.26. The van der Waals surface area contributed by atoms with Crippen LogP contribution in [0.2, 0.25) is 0 Å². The molecule has 0 radical (unpaired) electrons. The van der Waals surface area contributed by atoms with Gasteiger partial charge in [-0.05, 0) is 45.2 Å². The van der Waals surface area contributed by atoms with E-state index in [1.165, 1.54) is 0 Å². The first-order valence-corrected chi connectivity index (χ1v) is 8.76. The SMILES string of the molecule is Cc1c(C(=O)NCCC(C)C)oc2ccc3c(c12)C(=O)CC(C)(C)O3. The van der Waals surface area contributed by atoms with Crippen molar-refractivity contribution in [2.45, 2.75) is 53.1 Å². The molecular weight excluding hydrogens is 318 g/mol. The van der Waals surface area contributed by atoms with Crippen LogP contribution in [0, 0.1) is 12.8 Å². The van der Waals surface area contributed by atoms with Crippen LogP contribution >= 0.6 is 0 Å². The van der Waals surface area contributed by atoms with Crippen molar-refractivity contribution in [3.8, 4) is 5.75 Å². The van der Waals surface area contributed by atoms with E-state index in [1.807, 2.05) is 20.8 Å². The lowest BCUT2D eigenvalue weighted by Gasteiger charge is -2.31. The van der Waals surface area contributed by atoms with Gasteiger partial charge in [-0.1, -0.05) is 13.8 Å². The fourth-order valence-electron chi connectivity index (χ4n) is 3.26. The number of nitrogens with one attached hydrogen (secondary N) is 1. The molecule has 1 aromatic heterocycles. The lowest BCUT2D eigenvalue weighted by atomic mass is 9.90. The van der Waals surface area contributed by atoms with Crippen LogP contribution in [0.25, 0.3) is 11.0 Å². The number of furan rings is 1. The van der Waals surface area contributed by atoms with Gasteiger partial charge in [-0.25, -0.2) is 0 Å². The smallest absolute Gasteiger partial charge is 0.287 e. The Kier molecular flexibility index (Phi) is 4.35. The summed E-state index contributed by atoms with van der Waals surface area (Å²) in [6, 6.07) is 3.51. The van der Waals surface area contributed by atoms with E-state index in [-0.39, 0.29) is 17.5 Å². The number of ketones is 1. The highest BCUT2D eigenvalue weighted by molar-refractivity contribution is 6.13. The van der Waals surface area contributed by atoms with Gasteiger partial charge in [-0.3, -0.25) is 9.59 Å². The monoisotopic (exact) mass is 343 g/mol. The van der Waals surface area contributed by atoms with E-state index in [9.17, 15) is 9.59 Å². The number of carbonyl (C=O) groups is 2. The molecule has 5 heteroatoms. The number of rotatable bonds is 4. The van der Waals surface area contributed by atoms with Crippen LogP contribution in [0.4, 0.5) is 0 Å². The molecule has 25 heavy (non-hydrogen) atoms. The number of benzene rings is 1. The summed E-state index contributed by atoms with van der Waals surface area (Å²) in [5.41, 5.74) is 1.23. The van der Waals surface area contributed by atoms with Crippen LogP contribution in [0.5, 0.6) is 5.75 Å². The van der Waals surface area contributed by atoms with Crippen LogP contribution in [0.3, 0.4) is 0 Å². The van der Waals surface area contributed by atoms with Crippen molar-refractivity contribution >= 4 is 22.7 Å². The molecule has 0 bridgehead atoms. The highest BCUT2D eigenvalue weighted by Crippen LogP contribution is 2.40. The second-order valence-electron chi connectivity index (χ2n) is 7.77. The lowest BCUT2D eigenvalue weighted by molar-refractivity contribution is 0.0623. The van der Waals surface area contributed by atoms with E-state index in [0.717, 1.165) is 6.42 Å². The van der Waals surface area contributed by atoms with Gasteiger partial charge in [0.2, 0.25) is 0 Å². The largest absolute Gasteiger partial charge is 0.487 e. The van der Waals surface area contributed by atoms with Gasteiger partial charge in [0, 0.05) is 17.5 Å². The second kappa shape index (κ2) is 6.21. The van der Waals surface area contributed by atoms with Crippen LogP contribution in [-0.4, -0.2) is 23.8 Å². The van der Waals surface area contributed by atoms with Crippen LogP contribution in [0.1, 0.15) is 67.0 Å². The number of Topliss-reactive ketones (excluding diaryl/α,β-unsaturated/α-hetero) is 1. The van der Waals surface area contributed by atoms with Gasteiger partial charge in [-0.2, -0.15) is 0 Å². The topological polar surface area (TPSA) is 68.5 Å². The minimum Gasteiger partial charge on any atom is -0.487 e. The predicted octanol–water partition coefficient (Wildman–Crippen LogP) is 4.26. The molecule has 1 aliphatic heterocycles. The molecule has 0 fully saturated rings. The maximum Gasteiger partial charge on any atom is 0.287 e. The molecule has 0 aliphatic carbocycles. The third-order valence-electron chi connectivity index (χ3n) is 4.52. The summed E-state index contributed by atoms with van der Waals surface area (Å²) in [5.74, 6) is 1.12. The Labute approximate surface area is 147 Å². The predicted molar refractivity (Wildman–Crippen MR) is 96.4 cm³/mol. The molecule has 0 spiro atoms. The molecule has 2 aromatic rings. The summed E-state index contributed by atoms with van der Waals surface area (Å²) in [5, 5.41) is 3.57. The highest BCUT2D eigenvalue weighted by atomic mass is 16.5. The van der Waals surface area contributed by atoms with E-state index < -0.39 is 5.60 Å². The summed E-state index contributed by atoms with van der Waals surface area (Å²) in [7, 11) is 0. The van der Waals surface area contributed by atoms with Gasteiger partial charge in [0.15, 0.2) is 11.5 Å². The number of ether oxygens (including phenoxy) is 1. The first kappa shape index (κ1) is 17.5. The zero-order chi connectivity index (χ0) is 18.4. The summed E-state index contributed by atoms with van der Waals surface area (Å²) in [4.78, 5) is 25.1. The van der Waals surface area contributed by atoms with Crippen molar-refractivity contribution in [3.05, 3.63) is 29.0 Å². The maximum atomic E-state index is 12.7. The highest BCUT2D eigenvalue weighted by Gasteiger charge is 2.35. The third-order valence-corrected chi connectivity index (χ3v) is 4.52. The molecule has 1 N–H and O–H groups in total. The molecule has 0 saturated heterocycles. The molecule has 1 amide bonds. The molecular formula is C20H25NO4. The minimum absolute atomic E-state index is 0.0208. The first-order chi connectivity index (χ1) is 11.7. The summed E-state index contributed by atoms with van der Waals surface area (Å²) in [6.45, 7) is 10.4. The third kappa shape index (κ3) is 3.28. The lowest BCUT2D eigenvalue weighted by Crippen LogP contribution is -2.36. The molecule has 5 nitrogen and oxygen atoms in total. The van der Waals surface area contributed by atoms with E-state index in [0.29, 0.717) is 46.7 Å². The Balaban J connectivity index is 2.00. The molecule has 2 heterocycles. The van der Waals surface area contributed by atoms with E-state index in [1.54, 1.807) is 12.1 Å². The van der Waals surface area contributed by atoms with Gasteiger partial charge in [-0.15, -0.1) is 0 Å². The van der Waals surface area contributed by atoms with Crippen LogP contribution in [-0.2, 0) is 0 Å². The quantitative estimate of drug-likeness (QED) is 0.900. The van der Waals surface area contributed by atoms with Crippen molar-refractivity contribution < 1.29 is 18.7 Å². The van der Waals surface area contributed by atoms with E-state index in [2.05, 4.69) is 19.2 Å². The number of amides is 1. The van der Waals surface area contributed by atoms with Crippen molar-refractivity contribution in [1.29, 1.82) is 0 Å². The van der Waals surface area contributed by atoms with Crippen molar-refractivity contribution in [1.82, 2.24) is 5.32 Å². The second-order valence-corrected chi connectivity index (χ2v) is 7.77. The van der Waals surface area contributed by atoms with Crippen molar-refractivity contribution in [2.75, 3.05) is 6.54 Å². The van der Waals surface area contributed by atoms with Crippen LogP contribution < -0.4 is 10.1 Å². The first-order valence-electron chi connectivity index (χ1n) is 8.76. The van der Waals surface area contributed by atoms with E-state index >= 15 is 0 Å². The molecule has 0 unspecified atom stereocenters. The minimum atomic E-state index is -0.521. The van der Waals surface area contributed by atoms with Crippen molar-refractivity contribution in [2.24, 2.45) is 5.92 Å². The summed E-state index contributed by atoms with van der Waals surface area (Å²) < 4.78 is 11.7. The van der Waals surface area contributed by atoms with Crippen molar-refractivity contribution in [3.63, 3.8) is 0 Å². The standard InChI is InChI=1S/C20H25NO4/c1-11(2)8-9-21-19(23)18-12(3)16-14(24-18)6-7-15-17(16)13(22)10-20(4,5)25-15/h6-7,11H,8-10H2,1-5H3,(H,21,23). The fraction of sp³-hybridized carbons (Fsp3) is 0.500. The average molecular weight is 343 g/mol. The van der Waals surface area contributed by atoms with Gasteiger partial charge >= 0.3 is 0 Å². The Morgan fingerprint density at radius 1 is 1.32 bits per heavy atom. The molecule has 0 saturated carbocycles. The Bertz CT molecular complexity index is 845. The number of hydrogen-bond donors (Lipinski definition) is 1. The van der Waals surface area contributed by atoms with Crippen LogP contribution in [0.15, 0.2) is 16.5 Å².